The second-order valence-electron chi connectivity index (χ2n) is 4.80. The van der Waals surface area contributed by atoms with Crippen LogP contribution in [0.1, 0.15) is 21.3 Å². The molecule has 0 atom stereocenters. The Morgan fingerprint density at radius 1 is 1.10 bits per heavy atom. The van der Waals surface area contributed by atoms with Gasteiger partial charge in [0.1, 0.15) is 5.75 Å². The van der Waals surface area contributed by atoms with Gasteiger partial charge in [0, 0.05) is 11.8 Å². The van der Waals surface area contributed by atoms with Crippen LogP contribution >= 0.6 is 22.7 Å². The second kappa shape index (κ2) is 5.95. The monoisotopic (exact) mass is 316 g/mol. The van der Waals surface area contributed by atoms with Crippen molar-refractivity contribution >= 4 is 22.7 Å². The summed E-state index contributed by atoms with van der Waals surface area (Å²) in [6, 6.07) is 8.14. The van der Waals surface area contributed by atoms with Crippen LogP contribution in [0.25, 0.3) is 10.6 Å². The largest absolute Gasteiger partial charge is 0.497 e. The first-order valence-corrected chi connectivity index (χ1v) is 8.37. The molecule has 108 valence electrons. The van der Waals surface area contributed by atoms with E-state index >= 15 is 0 Å². The molecule has 0 saturated carbocycles. The number of ether oxygens (including phenoxy) is 1. The van der Waals surface area contributed by atoms with Gasteiger partial charge in [-0.05, 0) is 31.5 Å². The van der Waals surface area contributed by atoms with Crippen LogP contribution in [0.3, 0.4) is 0 Å². The standard InChI is InChI=1S/C16H16N2OS2/c1-10-16(21-11(2)17-10)14-9-20-15(18-14)8-12-4-6-13(19-3)7-5-12/h4-7,9H,8H2,1-3H3. The molecular formula is C16H16N2OS2. The van der Waals surface area contributed by atoms with Gasteiger partial charge in [0.05, 0.1) is 33.4 Å². The highest BCUT2D eigenvalue weighted by atomic mass is 32.1. The minimum absolute atomic E-state index is 0.853. The molecule has 2 heterocycles. The van der Waals surface area contributed by atoms with E-state index in [1.807, 2.05) is 26.0 Å². The lowest BCUT2D eigenvalue weighted by atomic mass is 10.1. The van der Waals surface area contributed by atoms with Crippen LogP contribution in [-0.2, 0) is 6.42 Å². The average molecular weight is 316 g/mol. The van der Waals surface area contributed by atoms with Crippen LogP contribution in [0.2, 0.25) is 0 Å². The summed E-state index contributed by atoms with van der Waals surface area (Å²) in [7, 11) is 1.68. The summed E-state index contributed by atoms with van der Waals surface area (Å²) < 4.78 is 5.18. The molecular weight excluding hydrogens is 300 g/mol. The van der Waals surface area contributed by atoms with Crippen LogP contribution < -0.4 is 4.74 Å². The van der Waals surface area contributed by atoms with Gasteiger partial charge < -0.3 is 4.74 Å². The topological polar surface area (TPSA) is 35.0 Å². The molecule has 0 radical (unpaired) electrons. The van der Waals surface area contributed by atoms with Crippen LogP contribution in [0.4, 0.5) is 0 Å². The summed E-state index contributed by atoms with van der Waals surface area (Å²) in [5.74, 6) is 0.884. The Bertz CT molecular complexity index is 744. The molecule has 5 heteroatoms. The van der Waals surface area contributed by atoms with E-state index in [9.17, 15) is 0 Å². The van der Waals surface area contributed by atoms with Gasteiger partial charge in [-0.15, -0.1) is 22.7 Å². The van der Waals surface area contributed by atoms with Crippen molar-refractivity contribution in [1.82, 2.24) is 9.97 Å². The van der Waals surface area contributed by atoms with Crippen LogP contribution in [0, 0.1) is 13.8 Å². The molecule has 0 spiro atoms. The third kappa shape index (κ3) is 3.14. The fraction of sp³-hybridized carbons (Fsp3) is 0.250. The molecule has 0 bridgehead atoms. The van der Waals surface area contributed by atoms with Gasteiger partial charge in [0.25, 0.3) is 0 Å². The average Bonchev–Trinajstić information content (AvgIpc) is 3.06. The normalized spacial score (nSPS) is 10.8. The van der Waals surface area contributed by atoms with Crippen molar-refractivity contribution < 1.29 is 4.74 Å². The zero-order chi connectivity index (χ0) is 14.8. The van der Waals surface area contributed by atoms with E-state index in [-0.39, 0.29) is 0 Å². The molecule has 0 amide bonds. The molecule has 3 nitrogen and oxygen atoms in total. The Morgan fingerprint density at radius 2 is 1.86 bits per heavy atom. The van der Waals surface area contributed by atoms with Crippen molar-refractivity contribution in [3.05, 3.63) is 50.9 Å². The lowest BCUT2D eigenvalue weighted by molar-refractivity contribution is 0.414. The van der Waals surface area contributed by atoms with E-state index in [4.69, 9.17) is 9.72 Å². The van der Waals surface area contributed by atoms with Gasteiger partial charge in [-0.1, -0.05) is 12.1 Å². The zero-order valence-electron chi connectivity index (χ0n) is 12.2. The number of hydrogen-bond donors (Lipinski definition) is 0. The fourth-order valence-corrected chi connectivity index (χ4v) is 3.96. The SMILES string of the molecule is COc1ccc(Cc2nc(-c3sc(C)nc3C)cs2)cc1. The number of nitrogens with zero attached hydrogens (tertiary/aromatic N) is 2. The van der Waals surface area contributed by atoms with Crippen molar-refractivity contribution in [2.75, 3.05) is 7.11 Å². The number of benzene rings is 1. The van der Waals surface area contributed by atoms with Gasteiger partial charge >= 0.3 is 0 Å². The molecule has 1 aromatic carbocycles. The highest BCUT2D eigenvalue weighted by molar-refractivity contribution is 7.15. The third-order valence-electron chi connectivity index (χ3n) is 3.20. The summed E-state index contributed by atoms with van der Waals surface area (Å²) in [4.78, 5) is 10.4. The number of aryl methyl sites for hydroxylation is 2. The maximum Gasteiger partial charge on any atom is 0.118 e. The highest BCUT2D eigenvalue weighted by Crippen LogP contribution is 2.31. The molecule has 0 N–H and O–H groups in total. The van der Waals surface area contributed by atoms with Gasteiger partial charge in [-0.25, -0.2) is 9.97 Å². The number of methoxy groups -OCH3 is 1. The molecule has 3 aromatic rings. The summed E-state index contributed by atoms with van der Waals surface area (Å²) in [5, 5.41) is 4.34. The Balaban J connectivity index is 1.80. The third-order valence-corrected chi connectivity index (χ3v) is 5.15. The Hall–Kier alpha value is -1.72. The van der Waals surface area contributed by atoms with Crippen LogP contribution in [-0.4, -0.2) is 17.1 Å². The Kier molecular flexibility index (Phi) is 4.03. The smallest absolute Gasteiger partial charge is 0.118 e. The van der Waals surface area contributed by atoms with Crippen molar-refractivity contribution in [3.63, 3.8) is 0 Å². The summed E-state index contributed by atoms with van der Waals surface area (Å²) in [6.45, 7) is 4.08. The fourth-order valence-electron chi connectivity index (χ4n) is 2.18. The molecule has 0 aliphatic rings. The summed E-state index contributed by atoms with van der Waals surface area (Å²) in [6.07, 6.45) is 0.853. The highest BCUT2D eigenvalue weighted by Gasteiger charge is 2.11. The summed E-state index contributed by atoms with van der Waals surface area (Å²) in [5.41, 5.74) is 3.36. The Labute approximate surface area is 132 Å². The van der Waals surface area contributed by atoms with Crippen molar-refractivity contribution in [3.8, 4) is 16.3 Å². The molecule has 0 fully saturated rings. The van der Waals surface area contributed by atoms with E-state index < -0.39 is 0 Å². The van der Waals surface area contributed by atoms with Gasteiger partial charge in [-0.2, -0.15) is 0 Å². The van der Waals surface area contributed by atoms with Gasteiger partial charge in [-0.3, -0.25) is 0 Å². The molecule has 0 aliphatic carbocycles. The predicted molar refractivity (Wildman–Crippen MR) is 88.5 cm³/mol. The van der Waals surface area contributed by atoms with Crippen molar-refractivity contribution in [2.24, 2.45) is 0 Å². The molecule has 0 unspecified atom stereocenters. The molecule has 0 aliphatic heterocycles. The van der Waals surface area contributed by atoms with E-state index in [0.29, 0.717) is 0 Å². The van der Waals surface area contributed by atoms with E-state index in [1.165, 1.54) is 10.4 Å². The van der Waals surface area contributed by atoms with Crippen LogP contribution in [0.5, 0.6) is 5.75 Å². The quantitative estimate of drug-likeness (QED) is 0.711. The van der Waals surface area contributed by atoms with Crippen molar-refractivity contribution in [2.45, 2.75) is 20.3 Å². The van der Waals surface area contributed by atoms with E-state index in [2.05, 4.69) is 22.5 Å². The molecule has 21 heavy (non-hydrogen) atoms. The maximum atomic E-state index is 5.18. The van der Waals surface area contributed by atoms with Crippen molar-refractivity contribution in [1.29, 1.82) is 0 Å². The van der Waals surface area contributed by atoms with E-state index in [1.54, 1.807) is 29.8 Å². The Morgan fingerprint density at radius 3 is 2.48 bits per heavy atom. The van der Waals surface area contributed by atoms with Gasteiger partial charge in [0.15, 0.2) is 0 Å². The predicted octanol–water partition coefficient (Wildman–Crippen LogP) is 4.48. The molecule has 3 rings (SSSR count). The lowest BCUT2D eigenvalue weighted by Gasteiger charge is -2.01. The number of hydrogen-bond acceptors (Lipinski definition) is 5. The maximum absolute atomic E-state index is 5.18. The molecule has 0 saturated heterocycles. The minimum atomic E-state index is 0.853. The van der Waals surface area contributed by atoms with E-state index in [0.717, 1.165) is 33.6 Å². The van der Waals surface area contributed by atoms with Crippen LogP contribution in [0.15, 0.2) is 29.6 Å². The second-order valence-corrected chi connectivity index (χ2v) is 6.94. The number of aromatic nitrogens is 2. The first-order valence-electron chi connectivity index (χ1n) is 6.67. The minimum Gasteiger partial charge on any atom is -0.497 e. The zero-order valence-corrected chi connectivity index (χ0v) is 13.8. The first kappa shape index (κ1) is 14.2. The summed E-state index contributed by atoms with van der Waals surface area (Å²) >= 11 is 3.41. The lowest BCUT2D eigenvalue weighted by Crippen LogP contribution is -1.88. The molecule has 2 aromatic heterocycles. The number of thiazole rings is 2. The van der Waals surface area contributed by atoms with Gasteiger partial charge in [0.2, 0.25) is 0 Å². The first-order chi connectivity index (χ1) is 10.2. The number of rotatable bonds is 4.